The van der Waals surface area contributed by atoms with Gasteiger partial charge in [0.15, 0.2) is 0 Å². The zero-order valence-electron chi connectivity index (χ0n) is 15.0. The number of aromatic nitrogens is 3. The Morgan fingerprint density at radius 3 is 2.72 bits per heavy atom. The molecule has 7 nitrogen and oxygen atoms in total. The summed E-state index contributed by atoms with van der Waals surface area (Å²) >= 11 is 0.641. The van der Waals surface area contributed by atoms with Gasteiger partial charge in [0.1, 0.15) is 10.8 Å². The number of alkyl halides is 3. The van der Waals surface area contributed by atoms with Crippen molar-refractivity contribution < 1.29 is 27.8 Å². The lowest BCUT2D eigenvalue weighted by atomic mass is 9.99. The first kappa shape index (κ1) is 20.7. The van der Waals surface area contributed by atoms with E-state index < -0.39 is 29.1 Å². The summed E-state index contributed by atoms with van der Waals surface area (Å²) in [4.78, 5) is 23.8. The lowest BCUT2D eigenvalue weighted by molar-refractivity contribution is -0.266. The zero-order valence-corrected chi connectivity index (χ0v) is 15.8. The topological polar surface area (TPSA) is 97.2 Å². The second kappa shape index (κ2) is 8.13. The highest BCUT2D eigenvalue weighted by Gasteiger charge is 2.58. The van der Waals surface area contributed by atoms with E-state index in [0.29, 0.717) is 22.8 Å². The fourth-order valence-electron chi connectivity index (χ4n) is 2.37. The van der Waals surface area contributed by atoms with Gasteiger partial charge in [0, 0.05) is 35.2 Å². The quantitative estimate of drug-likeness (QED) is 0.625. The molecular formula is C18H15F3N4O3S. The molecule has 0 bridgehead atoms. The summed E-state index contributed by atoms with van der Waals surface area (Å²) in [5.74, 6) is -0.527. The Morgan fingerprint density at radius 2 is 2.10 bits per heavy atom. The number of nitrogens with zero attached hydrogens (tertiary/aromatic N) is 3. The summed E-state index contributed by atoms with van der Waals surface area (Å²) < 4.78 is 46.0. The van der Waals surface area contributed by atoms with Gasteiger partial charge >= 0.3 is 6.18 Å². The molecule has 0 spiro atoms. The smallest absolute Gasteiger partial charge is 0.424 e. The monoisotopic (exact) mass is 424 g/mol. The summed E-state index contributed by atoms with van der Waals surface area (Å²) in [6, 6.07) is 6.00. The van der Waals surface area contributed by atoms with Crippen LogP contribution < -0.4 is 10.1 Å². The molecule has 29 heavy (non-hydrogen) atoms. The Balaban J connectivity index is 1.75. The maximum atomic E-state index is 13.5. The number of benzene rings is 1. The molecule has 152 valence electrons. The van der Waals surface area contributed by atoms with E-state index in [1.54, 1.807) is 12.1 Å². The molecule has 1 atom stereocenters. The number of nitrogens with one attached hydrogen (secondary N) is 1. The zero-order chi connectivity index (χ0) is 21.1. The Morgan fingerprint density at radius 1 is 1.31 bits per heavy atom. The minimum atomic E-state index is -5.08. The van der Waals surface area contributed by atoms with E-state index in [9.17, 15) is 23.1 Å². The molecule has 3 rings (SSSR count). The van der Waals surface area contributed by atoms with Crippen LogP contribution in [0.15, 0.2) is 48.2 Å². The van der Waals surface area contributed by atoms with Crippen LogP contribution in [0.4, 0.5) is 18.9 Å². The molecule has 0 radical (unpaired) electrons. The molecule has 0 aliphatic heterocycles. The maximum Gasteiger partial charge on any atom is 0.424 e. The van der Waals surface area contributed by atoms with Gasteiger partial charge in [-0.2, -0.15) is 13.2 Å². The molecule has 0 fully saturated rings. The number of carbonyl (C=O) groups excluding carboxylic acids is 1. The van der Waals surface area contributed by atoms with Crippen LogP contribution in [0.5, 0.6) is 11.6 Å². The lowest BCUT2D eigenvalue weighted by Gasteiger charge is -2.27. The van der Waals surface area contributed by atoms with Gasteiger partial charge in [-0.05, 0) is 19.1 Å². The number of rotatable bonds is 6. The Hall–Kier alpha value is -3.05. The van der Waals surface area contributed by atoms with Crippen LogP contribution in [0, 0.1) is 6.92 Å². The predicted octanol–water partition coefficient (Wildman–Crippen LogP) is 3.81. The highest BCUT2D eigenvalue weighted by Crippen LogP contribution is 2.43. The molecule has 2 N–H and O–H groups in total. The van der Waals surface area contributed by atoms with Crippen molar-refractivity contribution in [3.05, 3.63) is 58.9 Å². The number of hydrogen-bond donors (Lipinski definition) is 2. The fourth-order valence-corrected chi connectivity index (χ4v) is 3.29. The van der Waals surface area contributed by atoms with Crippen LogP contribution in [0.1, 0.15) is 17.1 Å². The van der Waals surface area contributed by atoms with E-state index in [1.165, 1.54) is 43.0 Å². The second-order valence-electron chi connectivity index (χ2n) is 6.05. The van der Waals surface area contributed by atoms with Gasteiger partial charge in [-0.15, -0.1) is 11.3 Å². The number of aryl methyl sites for hydroxylation is 1. The molecule has 0 aliphatic rings. The maximum absolute atomic E-state index is 13.5. The van der Waals surface area contributed by atoms with E-state index in [-0.39, 0.29) is 11.6 Å². The van der Waals surface area contributed by atoms with Gasteiger partial charge < -0.3 is 15.2 Å². The molecule has 1 amide bonds. The Labute approximate surface area is 167 Å². The molecule has 2 heterocycles. The second-order valence-corrected chi connectivity index (χ2v) is 6.91. The highest BCUT2D eigenvalue weighted by molar-refractivity contribution is 7.09. The highest BCUT2D eigenvalue weighted by atomic mass is 32.1. The Kier molecular flexibility index (Phi) is 5.80. The third kappa shape index (κ3) is 4.87. The lowest BCUT2D eigenvalue weighted by Crippen LogP contribution is -2.45. The van der Waals surface area contributed by atoms with Crippen molar-refractivity contribution in [3.8, 4) is 11.6 Å². The van der Waals surface area contributed by atoms with Crippen molar-refractivity contribution in [1.29, 1.82) is 0 Å². The normalized spacial score (nSPS) is 13.6. The van der Waals surface area contributed by atoms with Gasteiger partial charge in [-0.1, -0.05) is 6.07 Å². The first-order valence-electron chi connectivity index (χ1n) is 8.23. The molecule has 0 saturated heterocycles. The van der Waals surface area contributed by atoms with Crippen molar-refractivity contribution in [2.24, 2.45) is 0 Å². The molecule has 0 saturated carbocycles. The van der Waals surface area contributed by atoms with Gasteiger partial charge in [-0.3, -0.25) is 9.78 Å². The van der Waals surface area contributed by atoms with Crippen molar-refractivity contribution >= 4 is 22.9 Å². The average molecular weight is 424 g/mol. The SMILES string of the molecule is Cc1csc(C(O)(CC(=O)Nc2cccc(Oc3cnccn3)c2)C(F)(F)F)n1. The molecule has 11 heteroatoms. The number of thiazole rings is 1. The van der Waals surface area contributed by atoms with Gasteiger partial charge in [-0.25, -0.2) is 9.97 Å². The number of halogens is 3. The summed E-state index contributed by atoms with van der Waals surface area (Å²) in [6.07, 6.45) is -2.04. The largest absolute Gasteiger partial charge is 0.437 e. The summed E-state index contributed by atoms with van der Waals surface area (Å²) in [5, 5.41) is 13.4. The van der Waals surface area contributed by atoms with E-state index in [0.717, 1.165) is 0 Å². The molecule has 2 aromatic heterocycles. The van der Waals surface area contributed by atoms with Crippen LogP contribution in [-0.2, 0) is 10.4 Å². The van der Waals surface area contributed by atoms with Crippen molar-refractivity contribution in [2.75, 3.05) is 5.32 Å². The minimum absolute atomic E-state index is 0.191. The van der Waals surface area contributed by atoms with Gasteiger partial charge in [0.25, 0.3) is 0 Å². The minimum Gasteiger partial charge on any atom is -0.437 e. The van der Waals surface area contributed by atoms with Crippen LogP contribution in [0.25, 0.3) is 0 Å². The van der Waals surface area contributed by atoms with E-state index >= 15 is 0 Å². The first-order chi connectivity index (χ1) is 13.7. The number of hydrogen-bond acceptors (Lipinski definition) is 7. The fraction of sp³-hybridized carbons (Fsp3) is 0.222. The van der Waals surface area contributed by atoms with Crippen LogP contribution >= 0.6 is 11.3 Å². The third-order valence-corrected chi connectivity index (χ3v) is 4.85. The van der Waals surface area contributed by atoms with Crippen LogP contribution in [-0.4, -0.2) is 32.1 Å². The summed E-state index contributed by atoms with van der Waals surface area (Å²) in [7, 11) is 0. The van der Waals surface area contributed by atoms with Crippen LogP contribution in [0.2, 0.25) is 0 Å². The van der Waals surface area contributed by atoms with E-state index in [1.807, 2.05) is 0 Å². The number of ether oxygens (including phenoxy) is 1. The van der Waals surface area contributed by atoms with Crippen molar-refractivity contribution in [3.63, 3.8) is 0 Å². The number of aliphatic hydroxyl groups is 1. The average Bonchev–Trinajstić information content (AvgIpc) is 3.09. The van der Waals surface area contributed by atoms with Crippen molar-refractivity contribution in [2.45, 2.75) is 25.1 Å². The Bertz CT molecular complexity index is 997. The molecule has 0 aliphatic carbocycles. The van der Waals surface area contributed by atoms with E-state index in [4.69, 9.17) is 4.74 Å². The molecule has 1 aromatic carbocycles. The summed E-state index contributed by atoms with van der Waals surface area (Å²) in [5.41, 5.74) is -2.87. The number of carbonyl (C=O) groups is 1. The third-order valence-electron chi connectivity index (χ3n) is 3.74. The molecule has 3 aromatic rings. The first-order valence-corrected chi connectivity index (χ1v) is 9.11. The molecule has 1 unspecified atom stereocenters. The summed E-state index contributed by atoms with van der Waals surface area (Å²) in [6.45, 7) is 1.50. The van der Waals surface area contributed by atoms with Crippen molar-refractivity contribution in [1.82, 2.24) is 15.0 Å². The standard InChI is InChI=1S/C18H15F3N4O3S/c1-11-10-29-16(24-11)17(27,18(19,20)21)8-14(26)25-12-3-2-4-13(7-12)28-15-9-22-5-6-23-15/h2-7,9-10,27H,8H2,1H3,(H,25,26). The van der Waals surface area contributed by atoms with Gasteiger partial charge in [0.2, 0.25) is 17.4 Å². The molecular weight excluding hydrogens is 409 g/mol. The van der Waals surface area contributed by atoms with E-state index in [2.05, 4.69) is 20.3 Å². The number of amides is 1. The van der Waals surface area contributed by atoms with Crippen LogP contribution in [0.3, 0.4) is 0 Å². The predicted molar refractivity (Wildman–Crippen MR) is 98.6 cm³/mol. The van der Waals surface area contributed by atoms with Gasteiger partial charge in [0.05, 0.1) is 12.6 Å². The number of anilines is 1.